The number of carbonyl (C=O) groups is 1. The molecular weight excluding hydrogens is 402 g/mol. The van der Waals surface area contributed by atoms with Crippen LogP contribution < -0.4 is 10.2 Å². The van der Waals surface area contributed by atoms with Crippen LogP contribution >= 0.6 is 0 Å². The fourth-order valence-electron chi connectivity index (χ4n) is 3.56. The Kier molecular flexibility index (Phi) is 5.89. The number of pyridine rings is 1. The first-order valence-electron chi connectivity index (χ1n) is 9.93. The number of aromatic nitrogens is 3. The monoisotopic (exact) mass is 422 g/mol. The number of nitrogens with one attached hydrogen (secondary N) is 1. The summed E-state index contributed by atoms with van der Waals surface area (Å²) in [6, 6.07) is 9.05. The zero-order valence-electron chi connectivity index (χ0n) is 16.7. The van der Waals surface area contributed by atoms with Gasteiger partial charge >= 0.3 is 0 Å². The molecule has 4 rings (SSSR count). The Bertz CT molecular complexity index is 1150. The first kappa shape index (κ1) is 20.5. The van der Waals surface area contributed by atoms with Crippen LogP contribution in [0, 0.1) is 23.0 Å². The maximum atomic E-state index is 14.4. The SMILES string of the molecule is N#Cc1cc(Cn2ccc(NC(=O)Cc3cnc(N4CCCC4)c(F)c3)n2)ccc1F. The van der Waals surface area contributed by atoms with E-state index in [1.165, 1.54) is 24.4 Å². The van der Waals surface area contributed by atoms with Crippen molar-refractivity contribution in [3.63, 3.8) is 0 Å². The van der Waals surface area contributed by atoms with E-state index in [9.17, 15) is 13.6 Å². The molecule has 1 fully saturated rings. The van der Waals surface area contributed by atoms with Gasteiger partial charge in [0.1, 0.15) is 11.9 Å². The Morgan fingerprint density at radius 2 is 1.94 bits per heavy atom. The van der Waals surface area contributed by atoms with Gasteiger partial charge < -0.3 is 10.2 Å². The highest BCUT2D eigenvalue weighted by Gasteiger charge is 2.18. The number of amides is 1. The van der Waals surface area contributed by atoms with Crippen molar-refractivity contribution in [3.05, 3.63) is 71.1 Å². The minimum absolute atomic E-state index is 0.0272. The first-order chi connectivity index (χ1) is 15.0. The Labute approximate surface area is 177 Å². The highest BCUT2D eigenvalue weighted by molar-refractivity contribution is 5.91. The molecule has 0 aliphatic carbocycles. The molecule has 1 aliphatic heterocycles. The van der Waals surface area contributed by atoms with Crippen molar-refractivity contribution < 1.29 is 13.6 Å². The van der Waals surface area contributed by atoms with Crippen molar-refractivity contribution in [2.45, 2.75) is 25.8 Å². The largest absolute Gasteiger partial charge is 0.354 e. The minimum atomic E-state index is -0.570. The lowest BCUT2D eigenvalue weighted by molar-refractivity contribution is -0.115. The van der Waals surface area contributed by atoms with Gasteiger partial charge in [-0.1, -0.05) is 6.07 Å². The quantitative estimate of drug-likeness (QED) is 0.659. The number of benzene rings is 1. The summed E-state index contributed by atoms with van der Waals surface area (Å²) >= 11 is 0. The molecule has 0 radical (unpaired) electrons. The van der Waals surface area contributed by atoms with Gasteiger partial charge in [-0.25, -0.2) is 13.8 Å². The lowest BCUT2D eigenvalue weighted by atomic mass is 10.1. The number of anilines is 2. The summed E-state index contributed by atoms with van der Waals surface area (Å²) in [4.78, 5) is 18.4. The molecule has 31 heavy (non-hydrogen) atoms. The van der Waals surface area contributed by atoms with Crippen molar-refractivity contribution >= 4 is 17.5 Å². The number of hydrogen-bond donors (Lipinski definition) is 1. The number of nitrogens with zero attached hydrogens (tertiary/aromatic N) is 5. The third-order valence-corrected chi connectivity index (χ3v) is 5.05. The number of rotatable bonds is 6. The summed E-state index contributed by atoms with van der Waals surface area (Å²) in [5.41, 5.74) is 1.15. The maximum Gasteiger partial charge on any atom is 0.230 e. The zero-order chi connectivity index (χ0) is 21.8. The van der Waals surface area contributed by atoms with E-state index in [-0.39, 0.29) is 17.9 Å². The highest BCUT2D eigenvalue weighted by Crippen LogP contribution is 2.22. The zero-order valence-corrected chi connectivity index (χ0v) is 16.7. The van der Waals surface area contributed by atoms with Crippen molar-refractivity contribution in [1.29, 1.82) is 5.26 Å². The van der Waals surface area contributed by atoms with Gasteiger partial charge in [0.2, 0.25) is 5.91 Å². The Morgan fingerprint density at radius 1 is 1.13 bits per heavy atom. The smallest absolute Gasteiger partial charge is 0.230 e. The van der Waals surface area contributed by atoms with E-state index in [1.807, 2.05) is 4.90 Å². The average molecular weight is 422 g/mol. The van der Waals surface area contributed by atoms with Crippen molar-refractivity contribution in [3.8, 4) is 6.07 Å². The fraction of sp³-hybridized carbons (Fsp3) is 0.273. The molecule has 0 unspecified atom stereocenters. The molecule has 9 heteroatoms. The summed E-state index contributed by atoms with van der Waals surface area (Å²) in [5.74, 6) is -0.657. The molecular formula is C22H20F2N6O. The summed E-state index contributed by atoms with van der Waals surface area (Å²) in [7, 11) is 0. The van der Waals surface area contributed by atoms with E-state index in [4.69, 9.17) is 5.26 Å². The fourth-order valence-corrected chi connectivity index (χ4v) is 3.56. The highest BCUT2D eigenvalue weighted by atomic mass is 19.1. The number of carbonyl (C=O) groups excluding carboxylic acids is 1. The lowest BCUT2D eigenvalue weighted by Gasteiger charge is -2.17. The Morgan fingerprint density at radius 3 is 2.68 bits per heavy atom. The van der Waals surface area contributed by atoms with Crippen LogP contribution in [0.15, 0.2) is 42.7 Å². The van der Waals surface area contributed by atoms with Gasteiger partial charge in [-0.2, -0.15) is 10.4 Å². The molecule has 0 atom stereocenters. The molecule has 3 heterocycles. The van der Waals surface area contributed by atoms with Crippen LogP contribution in [0.4, 0.5) is 20.4 Å². The van der Waals surface area contributed by atoms with Crippen LogP contribution in [0.2, 0.25) is 0 Å². The van der Waals surface area contributed by atoms with Crippen LogP contribution in [0.5, 0.6) is 0 Å². The van der Waals surface area contributed by atoms with E-state index in [1.54, 1.807) is 29.1 Å². The average Bonchev–Trinajstić information content (AvgIpc) is 3.42. The van der Waals surface area contributed by atoms with Crippen molar-refractivity contribution in [2.75, 3.05) is 23.3 Å². The second-order valence-electron chi connectivity index (χ2n) is 7.39. The van der Waals surface area contributed by atoms with Gasteiger partial charge in [0.15, 0.2) is 17.5 Å². The predicted octanol–water partition coefficient (Wildman–Crippen LogP) is 3.26. The van der Waals surface area contributed by atoms with Crippen molar-refractivity contribution in [1.82, 2.24) is 14.8 Å². The van der Waals surface area contributed by atoms with Crippen molar-refractivity contribution in [2.24, 2.45) is 0 Å². The summed E-state index contributed by atoms with van der Waals surface area (Å²) in [6.45, 7) is 1.90. The third kappa shape index (κ3) is 4.86. The summed E-state index contributed by atoms with van der Waals surface area (Å²) in [5, 5.41) is 15.9. The molecule has 0 bridgehead atoms. The Balaban J connectivity index is 1.36. The first-order valence-corrected chi connectivity index (χ1v) is 9.93. The Hall–Kier alpha value is -3.80. The topological polar surface area (TPSA) is 86.8 Å². The normalized spacial score (nSPS) is 13.3. The van der Waals surface area contributed by atoms with Gasteiger partial charge in [-0.15, -0.1) is 0 Å². The van der Waals surface area contributed by atoms with E-state index in [2.05, 4.69) is 15.4 Å². The maximum absolute atomic E-state index is 14.4. The van der Waals surface area contributed by atoms with E-state index in [0.717, 1.165) is 25.9 Å². The van der Waals surface area contributed by atoms with Crippen LogP contribution in [0.3, 0.4) is 0 Å². The minimum Gasteiger partial charge on any atom is -0.354 e. The van der Waals surface area contributed by atoms with E-state index in [0.29, 0.717) is 29.3 Å². The lowest BCUT2D eigenvalue weighted by Crippen LogP contribution is -2.21. The molecule has 158 valence electrons. The van der Waals surface area contributed by atoms with Gasteiger partial charge in [-0.05, 0) is 42.2 Å². The standard InChI is InChI=1S/C22H20F2N6O/c23-18-4-3-15(9-17(18)12-25)14-30-8-5-20(28-30)27-21(31)11-16-10-19(24)22(26-13-16)29-6-1-2-7-29/h3-5,8-10,13H,1-2,6-7,11,14H2,(H,27,28,31). The number of nitriles is 1. The van der Waals surface area contributed by atoms with Gasteiger partial charge in [-0.3, -0.25) is 9.48 Å². The second kappa shape index (κ2) is 8.92. The van der Waals surface area contributed by atoms with Crippen LogP contribution in [0.1, 0.15) is 29.5 Å². The molecule has 1 N–H and O–H groups in total. The molecule has 1 saturated heterocycles. The molecule has 0 saturated carbocycles. The summed E-state index contributed by atoms with van der Waals surface area (Å²) < 4.78 is 29.4. The third-order valence-electron chi connectivity index (χ3n) is 5.05. The second-order valence-corrected chi connectivity index (χ2v) is 7.39. The molecule has 7 nitrogen and oxygen atoms in total. The van der Waals surface area contributed by atoms with Gasteiger partial charge in [0.25, 0.3) is 0 Å². The van der Waals surface area contributed by atoms with Crippen LogP contribution in [-0.2, 0) is 17.8 Å². The van der Waals surface area contributed by atoms with E-state index >= 15 is 0 Å². The molecule has 1 aromatic carbocycles. The molecule has 1 aliphatic rings. The van der Waals surface area contributed by atoms with E-state index < -0.39 is 11.6 Å². The number of hydrogen-bond acceptors (Lipinski definition) is 5. The predicted molar refractivity (Wildman–Crippen MR) is 110 cm³/mol. The molecule has 3 aromatic rings. The number of halogens is 2. The summed E-state index contributed by atoms with van der Waals surface area (Å²) in [6.07, 6.45) is 5.21. The molecule has 2 aromatic heterocycles. The van der Waals surface area contributed by atoms with Gasteiger partial charge in [0, 0.05) is 31.5 Å². The molecule has 1 amide bonds. The van der Waals surface area contributed by atoms with Crippen LogP contribution in [0.25, 0.3) is 0 Å². The molecule has 0 spiro atoms. The van der Waals surface area contributed by atoms with Crippen LogP contribution in [-0.4, -0.2) is 33.8 Å². The van der Waals surface area contributed by atoms with Gasteiger partial charge in [0.05, 0.1) is 18.5 Å².